The summed E-state index contributed by atoms with van der Waals surface area (Å²) in [4.78, 5) is 13.3. The molecule has 0 spiro atoms. The van der Waals surface area contributed by atoms with Crippen LogP contribution in [0.4, 0.5) is 0 Å². The molecule has 0 amide bonds. The molecule has 5 heteroatoms. The number of carbonyl (C=O) groups is 1. The molecular weight excluding hydrogens is 244 g/mol. The van der Waals surface area contributed by atoms with Crippen LogP contribution in [0.15, 0.2) is 10.5 Å². The van der Waals surface area contributed by atoms with Crippen LogP contribution in [0, 0.1) is 6.92 Å². The summed E-state index contributed by atoms with van der Waals surface area (Å²) < 4.78 is 5.17. The van der Waals surface area contributed by atoms with Gasteiger partial charge in [-0.05, 0) is 58.4 Å². The molecule has 2 rings (SSSR count). The van der Waals surface area contributed by atoms with Crippen LogP contribution in [0.3, 0.4) is 0 Å². The van der Waals surface area contributed by atoms with E-state index in [1.54, 1.807) is 13.0 Å². The van der Waals surface area contributed by atoms with Crippen molar-refractivity contribution < 1.29 is 14.3 Å². The highest BCUT2D eigenvalue weighted by Gasteiger charge is 2.13. The molecule has 1 aliphatic rings. The van der Waals surface area contributed by atoms with Crippen molar-refractivity contribution >= 4 is 5.97 Å². The summed E-state index contributed by atoms with van der Waals surface area (Å²) in [6.45, 7) is 7.04. The van der Waals surface area contributed by atoms with Crippen molar-refractivity contribution in [3.05, 3.63) is 23.2 Å². The lowest BCUT2D eigenvalue weighted by molar-refractivity contribution is 0.0661. The molecule has 1 saturated heterocycles. The summed E-state index contributed by atoms with van der Waals surface area (Å²) in [5.74, 6) is -0.306. The van der Waals surface area contributed by atoms with Gasteiger partial charge >= 0.3 is 5.97 Å². The smallest absolute Gasteiger partial charge is 0.371 e. The summed E-state index contributed by atoms with van der Waals surface area (Å²) >= 11 is 0. The standard InChI is InChI=1S/C14H22N2O3/c1-11-12(9-13(19-11)14(17)18)10-15-5-4-8-16-6-2-3-7-16/h9,15H,2-8,10H2,1H3,(H,17,18). The zero-order chi connectivity index (χ0) is 13.7. The van der Waals surface area contributed by atoms with Crippen LogP contribution in [-0.2, 0) is 6.54 Å². The van der Waals surface area contributed by atoms with E-state index in [1.165, 1.54) is 25.9 Å². The lowest BCUT2D eigenvalue weighted by Gasteiger charge is -2.14. The van der Waals surface area contributed by atoms with Gasteiger partial charge in [0.2, 0.25) is 5.76 Å². The fourth-order valence-corrected chi connectivity index (χ4v) is 2.46. The van der Waals surface area contributed by atoms with E-state index in [9.17, 15) is 4.79 Å². The zero-order valence-corrected chi connectivity index (χ0v) is 11.4. The van der Waals surface area contributed by atoms with Gasteiger partial charge in [-0.3, -0.25) is 0 Å². The molecule has 0 aromatic carbocycles. The first-order valence-corrected chi connectivity index (χ1v) is 6.92. The molecule has 1 aromatic heterocycles. The fraction of sp³-hybridized carbons (Fsp3) is 0.643. The number of aryl methyl sites for hydroxylation is 1. The molecule has 5 nitrogen and oxygen atoms in total. The molecule has 0 bridgehead atoms. The van der Waals surface area contributed by atoms with Gasteiger partial charge in [0, 0.05) is 12.1 Å². The molecule has 1 aromatic rings. The van der Waals surface area contributed by atoms with E-state index in [0.29, 0.717) is 12.3 Å². The molecule has 1 fully saturated rings. The van der Waals surface area contributed by atoms with E-state index < -0.39 is 5.97 Å². The lowest BCUT2D eigenvalue weighted by Crippen LogP contribution is -2.24. The number of carboxylic acids is 1. The molecule has 2 heterocycles. The molecule has 0 aliphatic carbocycles. The lowest BCUT2D eigenvalue weighted by atomic mass is 10.2. The van der Waals surface area contributed by atoms with Crippen molar-refractivity contribution in [2.45, 2.75) is 32.7 Å². The Balaban J connectivity index is 1.66. The summed E-state index contributed by atoms with van der Waals surface area (Å²) in [6.07, 6.45) is 3.79. The van der Waals surface area contributed by atoms with Gasteiger partial charge in [-0.15, -0.1) is 0 Å². The molecule has 106 valence electrons. The second-order valence-corrected chi connectivity index (χ2v) is 5.08. The van der Waals surface area contributed by atoms with Crippen LogP contribution < -0.4 is 5.32 Å². The number of hydrogen-bond donors (Lipinski definition) is 2. The molecule has 2 N–H and O–H groups in total. The predicted octanol–water partition coefficient (Wildman–Crippen LogP) is 1.86. The van der Waals surface area contributed by atoms with E-state index in [4.69, 9.17) is 9.52 Å². The fourth-order valence-electron chi connectivity index (χ4n) is 2.46. The quantitative estimate of drug-likeness (QED) is 0.737. The average Bonchev–Trinajstić information content (AvgIpc) is 2.99. The second-order valence-electron chi connectivity index (χ2n) is 5.08. The number of nitrogens with one attached hydrogen (secondary N) is 1. The van der Waals surface area contributed by atoms with Gasteiger partial charge in [-0.2, -0.15) is 0 Å². The molecule has 0 saturated carbocycles. The number of aromatic carboxylic acids is 1. The number of furan rings is 1. The van der Waals surface area contributed by atoms with Gasteiger partial charge in [0.15, 0.2) is 0 Å². The minimum absolute atomic E-state index is 0.0198. The van der Waals surface area contributed by atoms with Gasteiger partial charge in [0.05, 0.1) is 0 Å². The third-order valence-electron chi connectivity index (χ3n) is 3.57. The molecule has 0 unspecified atom stereocenters. The largest absolute Gasteiger partial charge is 0.475 e. The molecule has 0 radical (unpaired) electrons. The minimum Gasteiger partial charge on any atom is -0.475 e. The number of rotatable bonds is 7. The first kappa shape index (κ1) is 14.1. The van der Waals surface area contributed by atoms with Crippen molar-refractivity contribution in [3.63, 3.8) is 0 Å². The highest BCUT2D eigenvalue weighted by atomic mass is 16.4. The van der Waals surface area contributed by atoms with Gasteiger partial charge in [0.25, 0.3) is 0 Å². The van der Waals surface area contributed by atoms with E-state index in [0.717, 1.165) is 25.1 Å². The highest BCUT2D eigenvalue weighted by molar-refractivity contribution is 5.84. The molecule has 1 aliphatic heterocycles. The van der Waals surface area contributed by atoms with Gasteiger partial charge in [-0.25, -0.2) is 4.79 Å². The first-order valence-electron chi connectivity index (χ1n) is 6.92. The van der Waals surface area contributed by atoms with Crippen molar-refractivity contribution in [2.24, 2.45) is 0 Å². The minimum atomic E-state index is -1.01. The SMILES string of the molecule is Cc1oc(C(=O)O)cc1CNCCCN1CCCC1. The summed E-state index contributed by atoms with van der Waals surface area (Å²) in [6, 6.07) is 1.60. The third-order valence-corrected chi connectivity index (χ3v) is 3.57. The maximum absolute atomic E-state index is 10.8. The summed E-state index contributed by atoms with van der Waals surface area (Å²) in [7, 11) is 0. The maximum atomic E-state index is 10.8. The maximum Gasteiger partial charge on any atom is 0.371 e. The van der Waals surface area contributed by atoms with E-state index >= 15 is 0 Å². The second kappa shape index (κ2) is 6.73. The monoisotopic (exact) mass is 266 g/mol. The first-order chi connectivity index (χ1) is 9.16. The summed E-state index contributed by atoms with van der Waals surface area (Å²) in [5, 5.41) is 12.2. The average molecular weight is 266 g/mol. The number of carboxylic acid groups (broad SMARTS) is 1. The van der Waals surface area contributed by atoms with Gasteiger partial charge < -0.3 is 19.7 Å². The summed E-state index contributed by atoms with van der Waals surface area (Å²) in [5.41, 5.74) is 0.929. The normalized spacial score (nSPS) is 16.1. The Bertz CT molecular complexity index is 422. The van der Waals surface area contributed by atoms with Crippen LogP contribution >= 0.6 is 0 Å². The molecular formula is C14H22N2O3. The molecule has 0 atom stereocenters. The Morgan fingerprint density at radius 2 is 2.21 bits per heavy atom. The van der Waals surface area contributed by atoms with E-state index in [1.807, 2.05) is 0 Å². The third kappa shape index (κ3) is 4.08. The van der Waals surface area contributed by atoms with E-state index in [2.05, 4.69) is 10.2 Å². The van der Waals surface area contributed by atoms with Gasteiger partial charge in [0.1, 0.15) is 5.76 Å². The Labute approximate surface area is 113 Å². The molecule has 19 heavy (non-hydrogen) atoms. The Kier molecular flexibility index (Phi) is 4.99. The van der Waals surface area contributed by atoms with Crippen molar-refractivity contribution in [3.8, 4) is 0 Å². The predicted molar refractivity (Wildman–Crippen MR) is 72.4 cm³/mol. The van der Waals surface area contributed by atoms with E-state index in [-0.39, 0.29) is 5.76 Å². The highest BCUT2D eigenvalue weighted by Crippen LogP contribution is 2.14. The van der Waals surface area contributed by atoms with Crippen molar-refractivity contribution in [2.75, 3.05) is 26.2 Å². The topological polar surface area (TPSA) is 65.7 Å². The number of hydrogen-bond acceptors (Lipinski definition) is 4. The number of nitrogens with zero attached hydrogens (tertiary/aromatic N) is 1. The van der Waals surface area contributed by atoms with Crippen LogP contribution in [0.2, 0.25) is 0 Å². The zero-order valence-electron chi connectivity index (χ0n) is 11.4. The van der Waals surface area contributed by atoms with Crippen LogP contribution in [0.1, 0.15) is 41.1 Å². The van der Waals surface area contributed by atoms with Crippen molar-refractivity contribution in [1.82, 2.24) is 10.2 Å². The van der Waals surface area contributed by atoms with Crippen LogP contribution in [0.5, 0.6) is 0 Å². The van der Waals surface area contributed by atoms with Crippen LogP contribution in [0.25, 0.3) is 0 Å². The van der Waals surface area contributed by atoms with Crippen molar-refractivity contribution in [1.29, 1.82) is 0 Å². The Morgan fingerprint density at radius 3 is 2.84 bits per heavy atom. The number of likely N-dealkylation sites (tertiary alicyclic amines) is 1. The Morgan fingerprint density at radius 1 is 1.47 bits per heavy atom. The van der Waals surface area contributed by atoms with Crippen LogP contribution in [-0.4, -0.2) is 42.2 Å². The van der Waals surface area contributed by atoms with Gasteiger partial charge in [-0.1, -0.05) is 0 Å². The Hall–Kier alpha value is -1.33.